The van der Waals surface area contributed by atoms with Crippen molar-refractivity contribution in [1.82, 2.24) is 0 Å². The number of ether oxygens (including phenoxy) is 2. The number of halogens is 1. The fourth-order valence-electron chi connectivity index (χ4n) is 2.37. The summed E-state index contributed by atoms with van der Waals surface area (Å²) in [6.45, 7) is -0.112. The Bertz CT molecular complexity index is 573. The molecule has 1 aliphatic heterocycles. The van der Waals surface area contributed by atoms with Gasteiger partial charge in [-0.05, 0) is 6.07 Å². The van der Waals surface area contributed by atoms with Gasteiger partial charge < -0.3 is 14.6 Å². The fraction of sp³-hybridized carbons (Fsp3) is 0.250. The third-order valence-corrected chi connectivity index (χ3v) is 3.71. The van der Waals surface area contributed by atoms with Crippen LogP contribution in [0.2, 0.25) is 5.02 Å². The van der Waals surface area contributed by atoms with Gasteiger partial charge in [0.25, 0.3) is 0 Å². The lowest BCUT2D eigenvalue weighted by atomic mass is 10.1. The molecule has 0 bridgehead atoms. The van der Waals surface area contributed by atoms with E-state index in [2.05, 4.69) is 0 Å². The Balaban J connectivity index is 1.87. The summed E-state index contributed by atoms with van der Waals surface area (Å²) in [6.07, 6.45) is -1.26. The van der Waals surface area contributed by atoms with Crippen molar-refractivity contribution >= 4 is 11.6 Å². The Morgan fingerprint density at radius 2 is 1.65 bits per heavy atom. The molecule has 3 nitrogen and oxygen atoms in total. The monoisotopic (exact) mass is 290 g/mol. The lowest BCUT2D eigenvalue weighted by Gasteiger charge is -2.15. The van der Waals surface area contributed by atoms with E-state index in [1.54, 1.807) is 0 Å². The molecule has 1 N–H and O–H groups in total. The fourth-order valence-corrected chi connectivity index (χ4v) is 2.61. The van der Waals surface area contributed by atoms with Crippen molar-refractivity contribution in [3.8, 4) is 0 Å². The average molecular weight is 291 g/mol. The molecular weight excluding hydrogens is 276 g/mol. The van der Waals surface area contributed by atoms with Gasteiger partial charge in [-0.1, -0.05) is 60.1 Å². The Morgan fingerprint density at radius 3 is 2.35 bits per heavy atom. The van der Waals surface area contributed by atoms with Crippen molar-refractivity contribution < 1.29 is 14.6 Å². The number of rotatable bonds is 3. The van der Waals surface area contributed by atoms with Gasteiger partial charge in [0.1, 0.15) is 12.2 Å². The van der Waals surface area contributed by atoms with Gasteiger partial charge in [-0.3, -0.25) is 0 Å². The highest BCUT2D eigenvalue weighted by molar-refractivity contribution is 6.31. The molecule has 4 heteroatoms. The first kappa shape index (κ1) is 13.6. The van der Waals surface area contributed by atoms with Gasteiger partial charge in [0.15, 0.2) is 6.29 Å². The number of hydrogen-bond acceptors (Lipinski definition) is 3. The van der Waals surface area contributed by atoms with Gasteiger partial charge in [-0.2, -0.15) is 0 Å². The van der Waals surface area contributed by atoms with Crippen molar-refractivity contribution in [1.29, 1.82) is 0 Å². The van der Waals surface area contributed by atoms with Crippen LogP contribution < -0.4 is 0 Å². The number of benzene rings is 2. The van der Waals surface area contributed by atoms with Gasteiger partial charge in [0.05, 0.1) is 6.61 Å². The zero-order chi connectivity index (χ0) is 13.9. The molecule has 0 amide bonds. The molecule has 1 saturated heterocycles. The van der Waals surface area contributed by atoms with Crippen LogP contribution in [-0.2, 0) is 9.47 Å². The number of aliphatic hydroxyl groups is 1. The minimum atomic E-state index is -0.477. The molecule has 1 unspecified atom stereocenters. The Hall–Kier alpha value is -1.39. The van der Waals surface area contributed by atoms with Crippen molar-refractivity contribution in [2.24, 2.45) is 0 Å². The summed E-state index contributed by atoms with van der Waals surface area (Å²) in [5, 5.41) is 10.1. The third kappa shape index (κ3) is 2.58. The third-order valence-electron chi connectivity index (χ3n) is 3.37. The van der Waals surface area contributed by atoms with Gasteiger partial charge in [-0.15, -0.1) is 0 Å². The maximum Gasteiger partial charge on any atom is 0.185 e. The van der Waals surface area contributed by atoms with Gasteiger partial charge in [0.2, 0.25) is 0 Å². The molecule has 0 saturated carbocycles. The summed E-state index contributed by atoms with van der Waals surface area (Å²) in [7, 11) is 0. The van der Waals surface area contributed by atoms with E-state index in [1.165, 1.54) is 0 Å². The molecule has 0 spiro atoms. The van der Waals surface area contributed by atoms with Gasteiger partial charge in [-0.25, -0.2) is 0 Å². The van der Waals surface area contributed by atoms with E-state index in [-0.39, 0.29) is 12.7 Å². The molecule has 0 aliphatic carbocycles. The van der Waals surface area contributed by atoms with E-state index < -0.39 is 12.4 Å². The van der Waals surface area contributed by atoms with E-state index >= 15 is 0 Å². The number of hydrogen-bond donors (Lipinski definition) is 1. The first-order chi connectivity index (χ1) is 9.79. The Morgan fingerprint density at radius 1 is 0.950 bits per heavy atom. The SMILES string of the molecule is OC[C@@H]1OC(c2ccccc2)O[C@H]1c1ccccc1Cl. The summed E-state index contributed by atoms with van der Waals surface area (Å²) in [5.74, 6) is 0. The molecule has 20 heavy (non-hydrogen) atoms. The smallest absolute Gasteiger partial charge is 0.185 e. The molecule has 3 rings (SSSR count). The lowest BCUT2D eigenvalue weighted by Crippen LogP contribution is -2.19. The van der Waals surface area contributed by atoms with Crippen LogP contribution in [0, 0.1) is 0 Å². The van der Waals surface area contributed by atoms with E-state index in [1.807, 2.05) is 54.6 Å². The molecule has 3 atom stereocenters. The minimum Gasteiger partial charge on any atom is -0.394 e. The molecule has 1 aliphatic rings. The van der Waals surface area contributed by atoms with Crippen LogP contribution >= 0.6 is 11.6 Å². The van der Waals surface area contributed by atoms with Gasteiger partial charge >= 0.3 is 0 Å². The molecule has 2 aromatic rings. The van der Waals surface area contributed by atoms with Crippen LogP contribution in [0.4, 0.5) is 0 Å². The van der Waals surface area contributed by atoms with E-state index in [0.717, 1.165) is 11.1 Å². The highest BCUT2D eigenvalue weighted by Crippen LogP contribution is 2.41. The van der Waals surface area contributed by atoms with Crippen molar-refractivity contribution in [3.05, 3.63) is 70.7 Å². The largest absolute Gasteiger partial charge is 0.394 e. The van der Waals surface area contributed by atoms with Crippen LogP contribution in [0.1, 0.15) is 23.5 Å². The highest BCUT2D eigenvalue weighted by Gasteiger charge is 2.38. The summed E-state index contributed by atoms with van der Waals surface area (Å²) in [6, 6.07) is 17.1. The maximum absolute atomic E-state index is 9.51. The first-order valence-electron chi connectivity index (χ1n) is 6.50. The van der Waals surface area contributed by atoms with E-state index in [0.29, 0.717) is 5.02 Å². The second-order valence-corrected chi connectivity index (χ2v) is 5.09. The minimum absolute atomic E-state index is 0.112. The molecule has 1 fully saturated rings. The maximum atomic E-state index is 9.51. The quantitative estimate of drug-likeness (QED) is 0.940. The van der Waals surface area contributed by atoms with Crippen molar-refractivity contribution in [2.45, 2.75) is 18.5 Å². The second-order valence-electron chi connectivity index (χ2n) is 4.68. The Labute approximate surface area is 122 Å². The summed E-state index contributed by atoms with van der Waals surface area (Å²) in [4.78, 5) is 0. The summed E-state index contributed by atoms with van der Waals surface area (Å²) < 4.78 is 11.7. The molecule has 2 aromatic carbocycles. The van der Waals surface area contributed by atoms with Crippen LogP contribution in [0.5, 0.6) is 0 Å². The first-order valence-corrected chi connectivity index (χ1v) is 6.88. The average Bonchev–Trinajstić information content (AvgIpc) is 2.93. The van der Waals surface area contributed by atoms with Crippen LogP contribution in [0.25, 0.3) is 0 Å². The highest BCUT2D eigenvalue weighted by atomic mass is 35.5. The number of aliphatic hydroxyl groups excluding tert-OH is 1. The predicted octanol–water partition coefficient (Wildman–Crippen LogP) is 3.49. The second kappa shape index (κ2) is 5.94. The molecule has 104 valence electrons. The van der Waals surface area contributed by atoms with Crippen molar-refractivity contribution in [2.75, 3.05) is 6.61 Å². The van der Waals surface area contributed by atoms with Gasteiger partial charge in [0, 0.05) is 16.1 Å². The molecule has 0 radical (unpaired) electrons. The summed E-state index contributed by atoms with van der Waals surface area (Å²) >= 11 is 6.20. The zero-order valence-corrected chi connectivity index (χ0v) is 11.5. The Kier molecular flexibility index (Phi) is 4.03. The molecule has 0 aromatic heterocycles. The van der Waals surface area contributed by atoms with Crippen LogP contribution in [-0.4, -0.2) is 17.8 Å². The molecular formula is C16H15ClO3. The zero-order valence-electron chi connectivity index (χ0n) is 10.8. The molecule has 1 heterocycles. The summed E-state index contributed by atoms with van der Waals surface area (Å²) in [5.41, 5.74) is 1.77. The topological polar surface area (TPSA) is 38.7 Å². The van der Waals surface area contributed by atoms with E-state index in [4.69, 9.17) is 21.1 Å². The van der Waals surface area contributed by atoms with E-state index in [9.17, 15) is 5.11 Å². The lowest BCUT2D eigenvalue weighted by molar-refractivity contribution is -0.0739. The predicted molar refractivity (Wildman–Crippen MR) is 76.4 cm³/mol. The standard InChI is InChI=1S/C16H15ClO3/c17-13-9-5-4-8-12(13)15-14(10-18)19-16(20-15)11-6-2-1-3-7-11/h1-9,14-16,18H,10H2/t14-,15-,16?/m0/s1. The van der Waals surface area contributed by atoms with Crippen LogP contribution in [0.3, 0.4) is 0 Å². The van der Waals surface area contributed by atoms with Crippen LogP contribution in [0.15, 0.2) is 54.6 Å². The van der Waals surface area contributed by atoms with Crippen molar-refractivity contribution in [3.63, 3.8) is 0 Å². The normalized spacial score (nSPS) is 25.8.